The minimum Gasteiger partial charge on any atom is -0.345 e. The monoisotopic (exact) mass is 445 g/mol. The summed E-state index contributed by atoms with van der Waals surface area (Å²) >= 11 is 1.58. The minimum atomic E-state index is -3.61. The Labute approximate surface area is 180 Å². The molecule has 158 valence electrons. The lowest BCUT2D eigenvalue weighted by Gasteiger charge is -2.33. The summed E-state index contributed by atoms with van der Waals surface area (Å²) in [7, 11) is -3.61. The fourth-order valence-electron chi connectivity index (χ4n) is 3.98. The van der Waals surface area contributed by atoms with Gasteiger partial charge >= 0.3 is 0 Å². The number of sulfonamides is 1. The van der Waals surface area contributed by atoms with E-state index in [-0.39, 0.29) is 4.90 Å². The van der Waals surface area contributed by atoms with Crippen LogP contribution in [0.15, 0.2) is 46.7 Å². The van der Waals surface area contributed by atoms with Gasteiger partial charge in [0.1, 0.15) is 5.82 Å². The molecule has 0 saturated carbocycles. The number of anilines is 1. The van der Waals surface area contributed by atoms with Crippen LogP contribution in [-0.4, -0.2) is 43.9 Å². The number of nitrogens with zero attached hydrogens (tertiary/aromatic N) is 3. The molecule has 0 atom stereocenters. The van der Waals surface area contributed by atoms with Crippen molar-refractivity contribution >= 4 is 26.5 Å². The average molecular weight is 446 g/mol. The molecule has 0 radical (unpaired) electrons. The van der Waals surface area contributed by atoms with Crippen molar-refractivity contribution in [2.24, 2.45) is 0 Å². The highest BCUT2D eigenvalue weighted by Crippen LogP contribution is 2.33. The maximum Gasteiger partial charge on any atom is 0.243 e. The van der Waals surface area contributed by atoms with E-state index >= 15 is 0 Å². The van der Waals surface area contributed by atoms with Gasteiger partial charge in [0.25, 0.3) is 0 Å². The molecule has 1 aliphatic rings. The first-order valence-corrected chi connectivity index (χ1v) is 12.1. The molecular formula is C22H24FN3O2S2. The van der Waals surface area contributed by atoms with E-state index in [0.717, 1.165) is 10.8 Å². The van der Waals surface area contributed by atoms with E-state index in [9.17, 15) is 12.8 Å². The van der Waals surface area contributed by atoms with Crippen LogP contribution < -0.4 is 4.90 Å². The zero-order valence-electron chi connectivity index (χ0n) is 17.2. The molecular weight excluding hydrogens is 421 g/mol. The number of aromatic nitrogens is 1. The third-order valence-corrected chi connectivity index (χ3v) is 8.20. The molecule has 1 fully saturated rings. The second kappa shape index (κ2) is 8.09. The van der Waals surface area contributed by atoms with Gasteiger partial charge in [-0.15, -0.1) is 11.3 Å². The first kappa shape index (κ1) is 21.0. The Hall–Kier alpha value is -2.29. The first-order valence-electron chi connectivity index (χ1n) is 9.80. The second-order valence-electron chi connectivity index (χ2n) is 7.63. The summed E-state index contributed by atoms with van der Waals surface area (Å²) < 4.78 is 40.2. The predicted octanol–water partition coefficient (Wildman–Crippen LogP) is 4.39. The van der Waals surface area contributed by atoms with Crippen LogP contribution in [0, 0.1) is 26.6 Å². The van der Waals surface area contributed by atoms with Crippen molar-refractivity contribution in [3.63, 3.8) is 0 Å². The molecule has 0 N–H and O–H groups in total. The highest BCUT2D eigenvalue weighted by molar-refractivity contribution is 7.89. The van der Waals surface area contributed by atoms with Gasteiger partial charge in [0.2, 0.25) is 10.0 Å². The van der Waals surface area contributed by atoms with Gasteiger partial charge in [0.15, 0.2) is 5.13 Å². The second-order valence-corrected chi connectivity index (χ2v) is 10.4. The van der Waals surface area contributed by atoms with Crippen LogP contribution in [0.2, 0.25) is 0 Å². The van der Waals surface area contributed by atoms with Gasteiger partial charge in [0.05, 0.1) is 10.6 Å². The third-order valence-electron chi connectivity index (χ3n) is 5.39. The summed E-state index contributed by atoms with van der Waals surface area (Å²) in [4.78, 5) is 7.10. The number of halogens is 1. The van der Waals surface area contributed by atoms with Crippen LogP contribution in [0.25, 0.3) is 11.3 Å². The number of piperazine rings is 1. The molecule has 4 rings (SSSR count). The van der Waals surface area contributed by atoms with Crippen LogP contribution in [0.1, 0.15) is 16.7 Å². The summed E-state index contributed by atoms with van der Waals surface area (Å²) in [5.74, 6) is -0.447. The fourth-order valence-corrected chi connectivity index (χ4v) is 6.28. The fraction of sp³-hybridized carbons (Fsp3) is 0.318. The van der Waals surface area contributed by atoms with E-state index in [1.165, 1.54) is 50.8 Å². The summed E-state index contributed by atoms with van der Waals surface area (Å²) in [6, 6.07) is 9.32. The number of hydrogen-bond donors (Lipinski definition) is 0. The number of rotatable bonds is 4. The molecule has 1 aliphatic heterocycles. The van der Waals surface area contributed by atoms with E-state index in [1.54, 1.807) is 11.3 Å². The first-order chi connectivity index (χ1) is 14.3. The topological polar surface area (TPSA) is 53.5 Å². The van der Waals surface area contributed by atoms with Crippen LogP contribution in [0.4, 0.5) is 9.52 Å². The Bertz CT molecular complexity index is 1140. The quantitative estimate of drug-likeness (QED) is 0.598. The SMILES string of the molecule is Cc1cc(C)c(-c2csc(N3CCN(S(=O)(=O)c4ccc(F)cc4)CC3)n2)c(C)c1. The Kier molecular flexibility index (Phi) is 5.65. The third kappa shape index (κ3) is 3.99. The van der Waals surface area contributed by atoms with Gasteiger partial charge in [-0.25, -0.2) is 17.8 Å². The standard InChI is InChI=1S/C22H24FN3O2S2/c1-15-12-16(2)21(17(3)13-15)20-14-29-22(24-20)25-8-10-26(11-9-25)30(27,28)19-6-4-18(23)5-7-19/h4-7,12-14H,8-11H2,1-3H3. The molecule has 5 nitrogen and oxygen atoms in total. The molecule has 0 spiro atoms. The Morgan fingerprint density at radius 1 is 0.967 bits per heavy atom. The van der Waals surface area contributed by atoms with E-state index in [1.807, 2.05) is 0 Å². The van der Waals surface area contributed by atoms with E-state index in [2.05, 4.69) is 43.2 Å². The van der Waals surface area contributed by atoms with Crippen molar-refractivity contribution in [2.75, 3.05) is 31.1 Å². The van der Waals surface area contributed by atoms with Gasteiger partial charge in [-0.1, -0.05) is 17.7 Å². The summed E-state index contributed by atoms with van der Waals surface area (Å²) in [6.07, 6.45) is 0. The van der Waals surface area contributed by atoms with Crippen molar-refractivity contribution in [2.45, 2.75) is 25.7 Å². The van der Waals surface area contributed by atoms with E-state index in [0.29, 0.717) is 26.2 Å². The maximum atomic E-state index is 13.1. The zero-order chi connectivity index (χ0) is 21.5. The smallest absolute Gasteiger partial charge is 0.243 e. The molecule has 0 bridgehead atoms. The lowest BCUT2D eigenvalue weighted by molar-refractivity contribution is 0.384. The molecule has 1 aromatic heterocycles. The summed E-state index contributed by atoms with van der Waals surface area (Å²) in [6.45, 7) is 8.18. The Morgan fingerprint density at radius 3 is 2.17 bits per heavy atom. The van der Waals surface area contributed by atoms with Crippen LogP contribution >= 0.6 is 11.3 Å². The van der Waals surface area contributed by atoms with Gasteiger partial charge in [-0.05, 0) is 56.2 Å². The van der Waals surface area contributed by atoms with Gasteiger partial charge < -0.3 is 4.90 Å². The lowest BCUT2D eigenvalue weighted by Crippen LogP contribution is -2.48. The molecule has 3 aromatic rings. The van der Waals surface area contributed by atoms with E-state index < -0.39 is 15.8 Å². The van der Waals surface area contributed by atoms with Gasteiger partial charge in [-0.3, -0.25) is 0 Å². The highest BCUT2D eigenvalue weighted by Gasteiger charge is 2.29. The van der Waals surface area contributed by atoms with Crippen LogP contribution in [0.3, 0.4) is 0 Å². The maximum absolute atomic E-state index is 13.1. The van der Waals surface area contributed by atoms with Crippen molar-refractivity contribution in [3.05, 3.63) is 64.3 Å². The average Bonchev–Trinajstić information content (AvgIpc) is 3.17. The predicted molar refractivity (Wildman–Crippen MR) is 119 cm³/mol. The number of benzene rings is 2. The molecule has 30 heavy (non-hydrogen) atoms. The van der Waals surface area contributed by atoms with Gasteiger partial charge in [-0.2, -0.15) is 4.31 Å². The molecule has 0 aliphatic carbocycles. The summed E-state index contributed by atoms with van der Waals surface area (Å²) in [5.41, 5.74) is 5.79. The van der Waals surface area contributed by atoms with E-state index in [4.69, 9.17) is 4.98 Å². The van der Waals surface area contributed by atoms with Crippen molar-refractivity contribution < 1.29 is 12.8 Å². The number of aryl methyl sites for hydroxylation is 3. The lowest BCUT2D eigenvalue weighted by atomic mass is 9.98. The largest absolute Gasteiger partial charge is 0.345 e. The molecule has 8 heteroatoms. The number of hydrogen-bond acceptors (Lipinski definition) is 5. The normalized spacial score (nSPS) is 15.5. The number of thiazole rings is 1. The minimum absolute atomic E-state index is 0.124. The van der Waals surface area contributed by atoms with Gasteiger partial charge in [0, 0.05) is 37.1 Å². The van der Waals surface area contributed by atoms with Crippen molar-refractivity contribution in [1.29, 1.82) is 0 Å². The summed E-state index contributed by atoms with van der Waals surface area (Å²) in [5, 5.41) is 2.98. The van der Waals surface area contributed by atoms with Crippen LogP contribution in [-0.2, 0) is 10.0 Å². The van der Waals surface area contributed by atoms with Crippen LogP contribution in [0.5, 0.6) is 0 Å². The highest BCUT2D eigenvalue weighted by atomic mass is 32.2. The zero-order valence-corrected chi connectivity index (χ0v) is 18.9. The Balaban J connectivity index is 1.49. The molecule has 1 saturated heterocycles. The van der Waals surface area contributed by atoms with Crippen molar-refractivity contribution in [1.82, 2.24) is 9.29 Å². The molecule has 2 heterocycles. The Morgan fingerprint density at radius 2 is 1.57 bits per heavy atom. The molecule has 0 unspecified atom stereocenters. The molecule has 0 amide bonds. The molecule has 2 aromatic carbocycles. The van der Waals surface area contributed by atoms with Crippen molar-refractivity contribution in [3.8, 4) is 11.3 Å².